The summed E-state index contributed by atoms with van der Waals surface area (Å²) in [6.45, 7) is 3.94. The van der Waals surface area contributed by atoms with Gasteiger partial charge in [-0.25, -0.2) is 9.18 Å². The number of nitrogens with zero attached hydrogens (tertiary/aromatic N) is 3. The number of aromatic hydroxyl groups is 1. The molecule has 178 valence electrons. The first kappa shape index (κ1) is 23.1. The highest BCUT2D eigenvalue weighted by atomic mass is 35.5. The maximum absolute atomic E-state index is 15.9. The van der Waals surface area contributed by atoms with Crippen molar-refractivity contribution in [2.75, 3.05) is 24.5 Å². The molecule has 1 saturated heterocycles. The minimum absolute atomic E-state index is 0.0236. The van der Waals surface area contributed by atoms with Gasteiger partial charge in [0, 0.05) is 24.0 Å². The van der Waals surface area contributed by atoms with Crippen LogP contribution in [-0.4, -0.2) is 57.0 Å². The first-order valence-electron chi connectivity index (χ1n) is 10.7. The number of hydrogen-bond donors (Lipinski definition) is 2. The number of phenols is 1. The Morgan fingerprint density at radius 3 is 2.71 bits per heavy atom. The zero-order valence-corrected chi connectivity index (χ0v) is 19.8. The maximum atomic E-state index is 15.9. The van der Waals surface area contributed by atoms with Crippen LogP contribution in [0.1, 0.15) is 0 Å². The van der Waals surface area contributed by atoms with Crippen molar-refractivity contribution in [1.82, 2.24) is 9.27 Å². The van der Waals surface area contributed by atoms with Crippen LogP contribution in [0.2, 0.25) is 5.02 Å². The molecule has 4 aromatic rings. The molecule has 2 N–H and O–H groups in total. The van der Waals surface area contributed by atoms with E-state index in [1.807, 2.05) is 24.3 Å². The van der Waals surface area contributed by atoms with Gasteiger partial charge in [0.05, 0.1) is 11.6 Å². The summed E-state index contributed by atoms with van der Waals surface area (Å²) in [4.78, 5) is 27.1. The zero-order valence-electron chi connectivity index (χ0n) is 18.2. The van der Waals surface area contributed by atoms with E-state index in [0.29, 0.717) is 16.0 Å². The number of halogens is 2. The predicted octanol–water partition coefficient (Wildman–Crippen LogP) is 4.90. The fraction of sp³-hybridized carbons (Fsp3) is 0.160. The van der Waals surface area contributed by atoms with Crippen molar-refractivity contribution in [3.63, 3.8) is 0 Å². The molecule has 1 aliphatic rings. The second-order valence-electron chi connectivity index (χ2n) is 8.18. The third kappa shape index (κ3) is 3.86. The molecule has 5 rings (SSSR count). The molecule has 1 atom stereocenters. The first-order valence-corrected chi connectivity index (χ1v) is 11.9. The van der Waals surface area contributed by atoms with Crippen LogP contribution in [0.5, 0.6) is 5.75 Å². The molecular weight excluding hydrogens is 493 g/mol. The number of fused-ring (bicyclic) bond motifs is 2. The molecule has 0 spiro atoms. The highest BCUT2D eigenvalue weighted by Crippen LogP contribution is 2.44. The lowest BCUT2D eigenvalue weighted by Gasteiger charge is -2.39. The molecule has 0 unspecified atom stereocenters. The average molecular weight is 512 g/mol. The summed E-state index contributed by atoms with van der Waals surface area (Å²) in [5.41, 5.74) is 0.601. The van der Waals surface area contributed by atoms with Crippen LogP contribution in [0, 0.1) is 5.82 Å². The lowest BCUT2D eigenvalue weighted by atomic mass is 9.96. The van der Waals surface area contributed by atoms with Crippen LogP contribution >= 0.6 is 23.1 Å². The Morgan fingerprint density at radius 1 is 1.20 bits per heavy atom. The third-order valence-electron chi connectivity index (χ3n) is 6.17. The van der Waals surface area contributed by atoms with Crippen LogP contribution in [0.25, 0.3) is 32.8 Å². The molecular formula is C25H19ClFN3O4S. The van der Waals surface area contributed by atoms with Crippen LogP contribution in [-0.2, 0) is 9.59 Å². The standard InChI is InChI=1S/C25H19ClFN3O4S/c1-2-20(32)29-7-8-30(19(12-29)25(33)34)24-17-11-18(26)21(22(27)23(17)28-35-24)16-10-14(31)9-13-5-3-4-6-15(13)16/h2-6,9-11,19,31H,1,7-8,12H2,(H,33,34)/t19-/m1/s1. The minimum atomic E-state index is -1.11. The van der Waals surface area contributed by atoms with E-state index in [0.717, 1.165) is 28.4 Å². The first-order chi connectivity index (χ1) is 16.8. The normalized spacial score (nSPS) is 16.1. The number of anilines is 1. The van der Waals surface area contributed by atoms with Gasteiger partial charge < -0.3 is 20.0 Å². The number of carbonyl (C=O) groups excluding carboxylic acids is 1. The van der Waals surface area contributed by atoms with Crippen molar-refractivity contribution in [3.05, 3.63) is 66.0 Å². The Labute approximate surface area is 208 Å². The third-order valence-corrected chi connectivity index (χ3v) is 7.37. The number of aliphatic carboxylic acids is 1. The SMILES string of the molecule is C=CC(=O)N1CCN(c2snc3c(F)c(-c4cc(O)cc5ccccc45)c(Cl)cc23)[C@@H](C(=O)O)C1. The van der Waals surface area contributed by atoms with E-state index < -0.39 is 17.8 Å². The number of benzene rings is 3. The molecule has 0 aliphatic carbocycles. The van der Waals surface area contributed by atoms with E-state index in [4.69, 9.17) is 11.6 Å². The van der Waals surface area contributed by atoms with Crippen LogP contribution in [0.15, 0.2) is 55.1 Å². The van der Waals surface area contributed by atoms with Gasteiger partial charge in [0.15, 0.2) is 5.82 Å². The van der Waals surface area contributed by atoms with Crippen molar-refractivity contribution in [2.24, 2.45) is 0 Å². The Hall–Kier alpha value is -3.69. The van der Waals surface area contributed by atoms with Crippen molar-refractivity contribution in [2.45, 2.75) is 6.04 Å². The number of phenolic OH excluding ortho intramolecular Hbond substituents is 1. The van der Waals surface area contributed by atoms with Crippen LogP contribution < -0.4 is 4.90 Å². The smallest absolute Gasteiger partial charge is 0.328 e. The summed E-state index contributed by atoms with van der Waals surface area (Å²) in [7, 11) is 0. The number of carboxylic acids is 1. The Bertz CT molecular complexity index is 1520. The van der Waals surface area contributed by atoms with Gasteiger partial charge in [-0.15, -0.1) is 0 Å². The Morgan fingerprint density at radius 2 is 1.97 bits per heavy atom. The molecule has 1 aliphatic heterocycles. The van der Waals surface area contributed by atoms with Gasteiger partial charge in [-0.2, -0.15) is 4.37 Å². The number of hydrogen-bond acceptors (Lipinski definition) is 6. The highest BCUT2D eigenvalue weighted by Gasteiger charge is 2.36. The van der Waals surface area contributed by atoms with Gasteiger partial charge in [0.2, 0.25) is 5.91 Å². The van der Waals surface area contributed by atoms with Crippen molar-refractivity contribution in [3.8, 4) is 16.9 Å². The summed E-state index contributed by atoms with van der Waals surface area (Å²) < 4.78 is 20.2. The minimum Gasteiger partial charge on any atom is -0.508 e. The predicted molar refractivity (Wildman–Crippen MR) is 135 cm³/mol. The number of carboxylic acid groups (broad SMARTS) is 1. The molecule has 1 amide bonds. The number of aromatic nitrogens is 1. The monoisotopic (exact) mass is 511 g/mol. The fourth-order valence-corrected chi connectivity index (χ4v) is 5.75. The van der Waals surface area contributed by atoms with Gasteiger partial charge in [-0.1, -0.05) is 42.4 Å². The van der Waals surface area contributed by atoms with E-state index in [1.54, 1.807) is 17.0 Å². The number of piperazine rings is 1. The van der Waals surface area contributed by atoms with Gasteiger partial charge >= 0.3 is 5.97 Å². The summed E-state index contributed by atoms with van der Waals surface area (Å²) in [6, 6.07) is 10.9. The quantitative estimate of drug-likeness (QED) is 0.378. The molecule has 3 aromatic carbocycles. The summed E-state index contributed by atoms with van der Waals surface area (Å²) in [5.74, 6) is -2.13. The van der Waals surface area contributed by atoms with E-state index in [2.05, 4.69) is 11.0 Å². The molecule has 0 saturated carbocycles. The topological polar surface area (TPSA) is 94.0 Å². The van der Waals surface area contributed by atoms with Gasteiger partial charge in [0.25, 0.3) is 0 Å². The maximum Gasteiger partial charge on any atom is 0.328 e. The van der Waals surface area contributed by atoms with Crippen molar-refractivity contribution >= 4 is 61.7 Å². The average Bonchev–Trinajstić information content (AvgIpc) is 3.26. The van der Waals surface area contributed by atoms with Gasteiger partial charge in [-0.05, 0) is 52.1 Å². The number of rotatable bonds is 4. The molecule has 10 heteroatoms. The lowest BCUT2D eigenvalue weighted by Crippen LogP contribution is -2.57. The summed E-state index contributed by atoms with van der Waals surface area (Å²) in [6.07, 6.45) is 1.15. The number of amides is 1. The summed E-state index contributed by atoms with van der Waals surface area (Å²) in [5, 5.41) is 22.5. The molecule has 35 heavy (non-hydrogen) atoms. The number of carbonyl (C=O) groups is 2. The second kappa shape index (κ2) is 8.83. The van der Waals surface area contributed by atoms with E-state index in [9.17, 15) is 19.8 Å². The fourth-order valence-electron chi connectivity index (χ4n) is 4.52. The molecule has 0 radical (unpaired) electrons. The molecule has 1 aromatic heterocycles. The Kier molecular flexibility index (Phi) is 5.82. The largest absolute Gasteiger partial charge is 0.508 e. The molecule has 1 fully saturated rings. The second-order valence-corrected chi connectivity index (χ2v) is 9.34. The highest BCUT2D eigenvalue weighted by molar-refractivity contribution is 7.11. The van der Waals surface area contributed by atoms with E-state index in [-0.39, 0.29) is 47.4 Å². The van der Waals surface area contributed by atoms with E-state index in [1.165, 1.54) is 11.0 Å². The van der Waals surface area contributed by atoms with Crippen molar-refractivity contribution in [1.29, 1.82) is 0 Å². The van der Waals surface area contributed by atoms with Crippen LogP contribution in [0.4, 0.5) is 9.39 Å². The van der Waals surface area contributed by atoms with Gasteiger partial charge in [0.1, 0.15) is 22.3 Å². The van der Waals surface area contributed by atoms with Crippen LogP contribution in [0.3, 0.4) is 0 Å². The molecule has 2 heterocycles. The molecule has 7 nitrogen and oxygen atoms in total. The zero-order chi connectivity index (χ0) is 24.9. The lowest BCUT2D eigenvalue weighted by molar-refractivity contribution is -0.140. The van der Waals surface area contributed by atoms with Gasteiger partial charge in [-0.3, -0.25) is 4.79 Å². The summed E-state index contributed by atoms with van der Waals surface area (Å²) >= 11 is 7.58. The Balaban J connectivity index is 1.63. The molecule has 0 bridgehead atoms. The van der Waals surface area contributed by atoms with E-state index >= 15 is 4.39 Å². The van der Waals surface area contributed by atoms with Crippen molar-refractivity contribution < 1.29 is 24.2 Å².